The maximum Gasteiger partial charge on any atom is 0.296 e. The van der Waals surface area contributed by atoms with Crippen LogP contribution in [0.15, 0.2) is 29.5 Å². The summed E-state index contributed by atoms with van der Waals surface area (Å²) in [5, 5.41) is 9.61. The summed E-state index contributed by atoms with van der Waals surface area (Å²) >= 11 is 7.73. The van der Waals surface area contributed by atoms with Crippen molar-refractivity contribution in [3.05, 3.63) is 40.1 Å². The standard InChI is InChI=1S/C23H24ClN3O5S/c1-4-17-25-26-23(33-17)27-19(11-5-7-15(30-2)16(9-11)31-3)18-20(28)13-10-12(24)6-8-14(13)32-21(18)22(27)29/h5,7,9,12-14,19H,4,6,8,10H2,1-3H3. The molecule has 0 spiro atoms. The Morgan fingerprint density at radius 2 is 1.97 bits per heavy atom. The number of hydrogen-bond acceptors (Lipinski definition) is 8. The second-order valence-corrected chi connectivity index (χ2v) is 9.96. The van der Waals surface area contributed by atoms with E-state index in [-0.39, 0.29) is 34.8 Å². The second kappa shape index (κ2) is 8.61. The number of amides is 1. The van der Waals surface area contributed by atoms with E-state index in [4.69, 9.17) is 25.8 Å². The highest BCUT2D eigenvalue weighted by molar-refractivity contribution is 7.15. The molecule has 4 atom stereocenters. The van der Waals surface area contributed by atoms with Gasteiger partial charge in [0.05, 0.1) is 31.8 Å². The lowest BCUT2D eigenvalue weighted by Gasteiger charge is -2.37. The number of hydrogen-bond donors (Lipinski definition) is 0. The fraction of sp³-hybridized carbons (Fsp3) is 0.478. The van der Waals surface area contributed by atoms with Crippen molar-refractivity contribution in [2.75, 3.05) is 19.1 Å². The number of Topliss-reactive ketones (excluding diaryl/α,β-unsaturated/α-hetero) is 1. The van der Waals surface area contributed by atoms with Gasteiger partial charge in [0.25, 0.3) is 5.91 Å². The molecular formula is C23H24ClN3O5S. The van der Waals surface area contributed by atoms with Gasteiger partial charge in [-0.3, -0.25) is 14.5 Å². The summed E-state index contributed by atoms with van der Waals surface area (Å²) in [6, 6.07) is 4.68. The van der Waals surface area contributed by atoms with E-state index in [1.807, 2.05) is 13.0 Å². The Bertz CT molecular complexity index is 1150. The second-order valence-electron chi connectivity index (χ2n) is 8.30. The number of fused-ring (bicyclic) bond motifs is 1. The van der Waals surface area contributed by atoms with Crippen molar-refractivity contribution in [3.63, 3.8) is 0 Å². The van der Waals surface area contributed by atoms with E-state index in [2.05, 4.69) is 10.2 Å². The van der Waals surface area contributed by atoms with Crippen LogP contribution in [0.5, 0.6) is 11.5 Å². The molecule has 1 amide bonds. The highest BCUT2D eigenvalue weighted by Crippen LogP contribution is 2.50. The SMILES string of the molecule is CCc1nnc(N2C(=O)C3=C(C(=O)C4CC(Cl)CCC4O3)C2c2ccc(OC)c(OC)c2)s1. The number of aryl methyl sites for hydroxylation is 1. The highest BCUT2D eigenvalue weighted by Gasteiger charge is 2.54. The largest absolute Gasteiger partial charge is 0.493 e. The van der Waals surface area contributed by atoms with E-state index in [1.165, 1.54) is 16.2 Å². The minimum absolute atomic E-state index is 0.0797. The van der Waals surface area contributed by atoms with Crippen molar-refractivity contribution in [3.8, 4) is 11.5 Å². The number of ketones is 1. The van der Waals surface area contributed by atoms with Crippen molar-refractivity contribution in [2.24, 2.45) is 5.92 Å². The lowest BCUT2D eigenvalue weighted by Crippen LogP contribution is -2.41. The van der Waals surface area contributed by atoms with Crippen LogP contribution in [0.25, 0.3) is 0 Å². The van der Waals surface area contributed by atoms with Crippen molar-refractivity contribution in [1.82, 2.24) is 10.2 Å². The third-order valence-corrected chi connectivity index (χ3v) is 7.93. The van der Waals surface area contributed by atoms with Crippen molar-refractivity contribution in [1.29, 1.82) is 0 Å². The third-order valence-electron chi connectivity index (χ3n) is 6.47. The number of benzene rings is 1. The Morgan fingerprint density at radius 1 is 1.18 bits per heavy atom. The Hall–Kier alpha value is -2.65. The van der Waals surface area contributed by atoms with Gasteiger partial charge >= 0.3 is 0 Å². The fourth-order valence-corrected chi connectivity index (χ4v) is 5.96. The van der Waals surface area contributed by atoms with Crippen LogP contribution in [0, 0.1) is 5.92 Å². The van der Waals surface area contributed by atoms with Crippen LogP contribution >= 0.6 is 22.9 Å². The number of rotatable bonds is 5. The number of halogens is 1. The van der Waals surface area contributed by atoms with E-state index in [0.717, 1.165) is 11.4 Å². The zero-order valence-electron chi connectivity index (χ0n) is 18.5. The molecule has 2 aliphatic heterocycles. The maximum absolute atomic E-state index is 13.8. The number of carbonyl (C=O) groups is 2. The van der Waals surface area contributed by atoms with Crippen molar-refractivity contribution in [2.45, 2.75) is 50.1 Å². The molecule has 2 aromatic rings. The molecule has 0 saturated heterocycles. The molecule has 4 unspecified atom stereocenters. The van der Waals surface area contributed by atoms with Gasteiger partial charge in [-0.05, 0) is 43.4 Å². The van der Waals surface area contributed by atoms with E-state index < -0.39 is 6.04 Å². The van der Waals surface area contributed by atoms with E-state index >= 15 is 0 Å². The zero-order valence-corrected chi connectivity index (χ0v) is 20.1. The molecule has 0 radical (unpaired) electrons. The Labute approximate surface area is 200 Å². The summed E-state index contributed by atoms with van der Waals surface area (Å²) in [5.41, 5.74) is 1.06. The van der Waals surface area contributed by atoms with Crippen molar-refractivity contribution >= 4 is 39.8 Å². The van der Waals surface area contributed by atoms with Crippen LogP contribution in [0.1, 0.15) is 42.8 Å². The van der Waals surface area contributed by atoms with Gasteiger partial charge in [0.2, 0.25) is 5.13 Å². The van der Waals surface area contributed by atoms with Gasteiger partial charge in [-0.15, -0.1) is 21.8 Å². The minimum Gasteiger partial charge on any atom is -0.493 e. The molecule has 1 saturated carbocycles. The van der Waals surface area contributed by atoms with Crippen LogP contribution in [0.4, 0.5) is 5.13 Å². The molecule has 174 valence electrons. The molecule has 0 bridgehead atoms. The highest BCUT2D eigenvalue weighted by atomic mass is 35.5. The normalized spacial score (nSPS) is 26.7. The number of carbonyl (C=O) groups excluding carboxylic acids is 2. The molecular weight excluding hydrogens is 466 g/mol. The molecule has 8 nitrogen and oxygen atoms in total. The summed E-state index contributed by atoms with van der Waals surface area (Å²) in [6.07, 6.45) is 2.31. The lowest BCUT2D eigenvalue weighted by molar-refractivity contribution is -0.131. The Morgan fingerprint density at radius 3 is 2.67 bits per heavy atom. The number of nitrogens with zero attached hydrogens (tertiary/aromatic N) is 3. The van der Waals surface area contributed by atoms with Gasteiger partial charge in [-0.2, -0.15) is 0 Å². The van der Waals surface area contributed by atoms with Gasteiger partial charge in [0.15, 0.2) is 23.0 Å². The van der Waals surface area contributed by atoms with Gasteiger partial charge < -0.3 is 14.2 Å². The summed E-state index contributed by atoms with van der Waals surface area (Å²) in [6.45, 7) is 1.98. The summed E-state index contributed by atoms with van der Waals surface area (Å²) in [7, 11) is 3.10. The monoisotopic (exact) mass is 489 g/mol. The first-order chi connectivity index (χ1) is 16.0. The molecule has 5 rings (SSSR count). The molecule has 1 aromatic carbocycles. The smallest absolute Gasteiger partial charge is 0.296 e. The number of anilines is 1. The number of alkyl halides is 1. The van der Waals surface area contributed by atoms with Crippen molar-refractivity contribution < 1.29 is 23.8 Å². The maximum atomic E-state index is 13.8. The number of aromatic nitrogens is 2. The topological polar surface area (TPSA) is 90.9 Å². The molecule has 3 aliphatic rings. The van der Waals surface area contributed by atoms with Gasteiger partial charge in [-0.25, -0.2) is 0 Å². The summed E-state index contributed by atoms with van der Waals surface area (Å²) in [5.74, 6) is 0.353. The Balaban J connectivity index is 1.65. The van der Waals surface area contributed by atoms with Gasteiger partial charge in [-0.1, -0.05) is 24.3 Å². The quantitative estimate of drug-likeness (QED) is 0.589. The lowest BCUT2D eigenvalue weighted by atomic mass is 9.77. The first-order valence-corrected chi connectivity index (χ1v) is 12.2. The van der Waals surface area contributed by atoms with E-state index in [0.29, 0.717) is 47.0 Å². The molecule has 1 fully saturated rings. The minimum atomic E-state index is -0.700. The first-order valence-electron chi connectivity index (χ1n) is 10.9. The Kier molecular flexibility index (Phi) is 5.78. The fourth-order valence-electron chi connectivity index (χ4n) is 4.84. The summed E-state index contributed by atoms with van der Waals surface area (Å²) in [4.78, 5) is 28.9. The summed E-state index contributed by atoms with van der Waals surface area (Å²) < 4.78 is 17.0. The number of ether oxygens (including phenoxy) is 3. The average Bonchev–Trinajstić information content (AvgIpc) is 3.41. The van der Waals surface area contributed by atoms with E-state index in [9.17, 15) is 9.59 Å². The zero-order chi connectivity index (χ0) is 23.3. The predicted molar refractivity (Wildman–Crippen MR) is 123 cm³/mol. The van der Waals surface area contributed by atoms with Crippen LogP contribution < -0.4 is 14.4 Å². The molecule has 10 heteroatoms. The molecule has 33 heavy (non-hydrogen) atoms. The first kappa shape index (κ1) is 22.2. The average molecular weight is 490 g/mol. The molecule has 1 aliphatic carbocycles. The van der Waals surface area contributed by atoms with Crippen LogP contribution in [0.3, 0.4) is 0 Å². The molecule has 1 aromatic heterocycles. The van der Waals surface area contributed by atoms with Gasteiger partial charge in [0.1, 0.15) is 11.1 Å². The van der Waals surface area contributed by atoms with Crippen LogP contribution in [0.2, 0.25) is 0 Å². The number of methoxy groups -OCH3 is 2. The predicted octanol–water partition coefficient (Wildman–Crippen LogP) is 3.84. The molecule has 3 heterocycles. The van der Waals surface area contributed by atoms with E-state index in [1.54, 1.807) is 26.4 Å². The van der Waals surface area contributed by atoms with Gasteiger partial charge in [0, 0.05) is 5.38 Å². The van der Waals surface area contributed by atoms with Crippen LogP contribution in [-0.4, -0.2) is 47.6 Å². The molecule has 0 N–H and O–H groups in total. The van der Waals surface area contributed by atoms with Crippen LogP contribution in [-0.2, 0) is 20.7 Å². The third kappa shape index (κ3) is 3.58.